The topological polar surface area (TPSA) is 78.9 Å². The van der Waals surface area contributed by atoms with E-state index in [1.165, 1.54) is 173 Å². The Morgan fingerprint density at radius 3 is 0.727 bits per heavy atom. The molecule has 0 aliphatic carbocycles. The van der Waals surface area contributed by atoms with Gasteiger partial charge in [-0.25, -0.2) is 0 Å². The van der Waals surface area contributed by atoms with Gasteiger partial charge in [0.25, 0.3) is 0 Å². The van der Waals surface area contributed by atoms with Gasteiger partial charge in [0.1, 0.15) is 13.2 Å². The van der Waals surface area contributed by atoms with Crippen molar-refractivity contribution in [2.75, 3.05) is 13.2 Å². The Morgan fingerprint density at radius 2 is 0.491 bits per heavy atom. The van der Waals surface area contributed by atoms with E-state index in [9.17, 15) is 14.4 Å². The van der Waals surface area contributed by atoms with Crippen molar-refractivity contribution in [1.29, 1.82) is 0 Å². The molecule has 0 aromatic carbocycles. The van der Waals surface area contributed by atoms with Crippen LogP contribution < -0.4 is 0 Å². The van der Waals surface area contributed by atoms with Crippen molar-refractivity contribution in [2.24, 2.45) is 0 Å². The summed E-state index contributed by atoms with van der Waals surface area (Å²) in [6, 6.07) is 0. The molecule has 1 atom stereocenters. The highest BCUT2D eigenvalue weighted by Gasteiger charge is 2.19. The lowest BCUT2D eigenvalue weighted by Crippen LogP contribution is -2.30. The number of carbonyl (C=O) groups excluding carboxylic acids is 3. The van der Waals surface area contributed by atoms with Gasteiger partial charge in [-0.2, -0.15) is 0 Å². The zero-order valence-electron chi connectivity index (χ0n) is 37.2. The smallest absolute Gasteiger partial charge is 0.306 e. The second-order valence-electron chi connectivity index (χ2n) is 16.7. The van der Waals surface area contributed by atoms with Crippen LogP contribution >= 0.6 is 0 Å². The Morgan fingerprint density at radius 1 is 0.291 bits per heavy atom. The van der Waals surface area contributed by atoms with E-state index < -0.39 is 6.10 Å². The van der Waals surface area contributed by atoms with E-state index in [2.05, 4.69) is 20.8 Å². The molecule has 0 saturated heterocycles. The molecule has 0 fully saturated rings. The zero-order valence-corrected chi connectivity index (χ0v) is 37.2. The summed E-state index contributed by atoms with van der Waals surface area (Å²) in [4.78, 5) is 37.5. The third kappa shape index (κ3) is 43.4. The van der Waals surface area contributed by atoms with Crippen molar-refractivity contribution in [3.63, 3.8) is 0 Å². The van der Waals surface area contributed by atoms with Crippen LogP contribution in [-0.4, -0.2) is 37.2 Å². The van der Waals surface area contributed by atoms with Crippen molar-refractivity contribution in [3.8, 4) is 0 Å². The maximum Gasteiger partial charge on any atom is 0.306 e. The summed E-state index contributed by atoms with van der Waals surface area (Å²) in [5, 5.41) is 0. The van der Waals surface area contributed by atoms with Gasteiger partial charge in [-0.3, -0.25) is 14.4 Å². The Bertz CT molecular complexity index is 813. The SMILES string of the molecule is CCCCCCCCCCCCCCCCCCCCCC(=O)OC[C@@H](COC(=O)CCCCCCC)OC(=O)CCCCCCCCCCCCCCC. The molecule has 55 heavy (non-hydrogen) atoms. The molecule has 0 aliphatic heterocycles. The number of ether oxygens (including phenoxy) is 3. The molecule has 0 saturated carbocycles. The van der Waals surface area contributed by atoms with Crippen LogP contribution in [0.4, 0.5) is 0 Å². The standard InChI is InChI=1S/C49H94O6/c1-4-7-10-13-15-17-19-21-22-23-24-25-26-28-29-31-33-36-39-42-48(51)54-45-46(44-53-47(50)41-38-35-12-9-6-3)55-49(52)43-40-37-34-32-30-27-20-18-16-14-11-8-5-2/h46H,4-45H2,1-3H3/t46-/m1/s1. The molecule has 0 unspecified atom stereocenters. The minimum Gasteiger partial charge on any atom is -0.462 e. The summed E-state index contributed by atoms with van der Waals surface area (Å²) in [5.41, 5.74) is 0. The number of hydrogen-bond donors (Lipinski definition) is 0. The van der Waals surface area contributed by atoms with Crippen LogP contribution in [0.25, 0.3) is 0 Å². The number of rotatable bonds is 45. The first kappa shape index (κ1) is 53.4. The van der Waals surface area contributed by atoms with E-state index in [0.717, 1.165) is 64.2 Å². The molecule has 0 amide bonds. The number of unbranched alkanes of at least 4 members (excludes halogenated alkanes) is 34. The fourth-order valence-corrected chi connectivity index (χ4v) is 7.38. The molecule has 0 aliphatic rings. The van der Waals surface area contributed by atoms with Crippen molar-refractivity contribution in [2.45, 2.75) is 284 Å². The molecule has 0 spiro atoms. The summed E-state index contributed by atoms with van der Waals surface area (Å²) in [5.74, 6) is -0.861. The largest absolute Gasteiger partial charge is 0.462 e. The number of esters is 3. The third-order valence-electron chi connectivity index (χ3n) is 11.1. The van der Waals surface area contributed by atoms with Crippen LogP contribution in [0.3, 0.4) is 0 Å². The summed E-state index contributed by atoms with van der Waals surface area (Å²) in [7, 11) is 0. The molecule has 6 nitrogen and oxygen atoms in total. The van der Waals surface area contributed by atoms with Gasteiger partial charge in [0.05, 0.1) is 0 Å². The van der Waals surface area contributed by atoms with Crippen LogP contribution in [-0.2, 0) is 28.6 Å². The lowest BCUT2D eigenvalue weighted by molar-refractivity contribution is -0.167. The molecule has 0 aromatic heterocycles. The Balaban J connectivity index is 4.09. The van der Waals surface area contributed by atoms with Crippen LogP contribution in [0.2, 0.25) is 0 Å². The first-order valence-corrected chi connectivity index (χ1v) is 24.5. The maximum absolute atomic E-state index is 12.7. The van der Waals surface area contributed by atoms with Crippen molar-refractivity contribution in [1.82, 2.24) is 0 Å². The summed E-state index contributed by atoms with van der Waals surface area (Å²) in [6.45, 7) is 6.59. The van der Waals surface area contributed by atoms with Gasteiger partial charge in [0, 0.05) is 19.3 Å². The highest BCUT2D eigenvalue weighted by molar-refractivity contribution is 5.71. The van der Waals surface area contributed by atoms with Crippen molar-refractivity contribution < 1.29 is 28.6 Å². The predicted octanol–water partition coefficient (Wildman–Crippen LogP) is 15.6. The number of carbonyl (C=O) groups is 3. The first-order valence-electron chi connectivity index (χ1n) is 24.5. The van der Waals surface area contributed by atoms with E-state index in [1.807, 2.05) is 0 Å². The van der Waals surface area contributed by atoms with Gasteiger partial charge in [-0.05, 0) is 19.3 Å². The highest BCUT2D eigenvalue weighted by Crippen LogP contribution is 2.16. The zero-order chi connectivity index (χ0) is 40.1. The van der Waals surface area contributed by atoms with Gasteiger partial charge >= 0.3 is 17.9 Å². The molecule has 0 bridgehead atoms. The Labute approximate surface area is 342 Å². The molecular formula is C49H94O6. The highest BCUT2D eigenvalue weighted by atomic mass is 16.6. The summed E-state index contributed by atoms with van der Waals surface area (Å²) < 4.78 is 16.6. The van der Waals surface area contributed by atoms with Gasteiger partial charge < -0.3 is 14.2 Å². The third-order valence-corrected chi connectivity index (χ3v) is 11.1. The average molecular weight is 779 g/mol. The first-order chi connectivity index (χ1) is 27.0. The Kier molecular flexibility index (Phi) is 43.8. The molecular weight excluding hydrogens is 685 g/mol. The Hall–Kier alpha value is -1.59. The molecule has 0 aromatic rings. The van der Waals surface area contributed by atoms with Gasteiger partial charge in [0.2, 0.25) is 0 Å². The molecule has 326 valence electrons. The molecule has 0 radical (unpaired) electrons. The minimum atomic E-state index is -0.757. The average Bonchev–Trinajstić information content (AvgIpc) is 3.18. The van der Waals surface area contributed by atoms with Crippen LogP contribution in [0.5, 0.6) is 0 Å². The lowest BCUT2D eigenvalue weighted by atomic mass is 10.0. The van der Waals surface area contributed by atoms with Crippen molar-refractivity contribution >= 4 is 17.9 Å². The fraction of sp³-hybridized carbons (Fsp3) is 0.939. The van der Waals surface area contributed by atoms with E-state index in [0.29, 0.717) is 19.3 Å². The van der Waals surface area contributed by atoms with Gasteiger partial charge in [-0.1, -0.05) is 239 Å². The molecule has 0 rings (SSSR count). The van der Waals surface area contributed by atoms with E-state index in [1.54, 1.807) is 0 Å². The quantitative estimate of drug-likeness (QED) is 0.0348. The lowest BCUT2D eigenvalue weighted by Gasteiger charge is -2.18. The van der Waals surface area contributed by atoms with Crippen LogP contribution in [0.15, 0.2) is 0 Å². The fourth-order valence-electron chi connectivity index (χ4n) is 7.38. The molecule has 6 heteroatoms. The minimum absolute atomic E-state index is 0.0634. The second-order valence-corrected chi connectivity index (χ2v) is 16.7. The van der Waals surface area contributed by atoms with E-state index in [4.69, 9.17) is 14.2 Å². The van der Waals surface area contributed by atoms with Gasteiger partial charge in [0.15, 0.2) is 6.10 Å². The molecule has 0 heterocycles. The van der Waals surface area contributed by atoms with Crippen LogP contribution in [0, 0.1) is 0 Å². The molecule has 0 N–H and O–H groups in total. The normalized spacial score (nSPS) is 11.8. The summed E-state index contributed by atoms with van der Waals surface area (Å²) in [6.07, 6.45) is 46.9. The van der Waals surface area contributed by atoms with Gasteiger partial charge in [-0.15, -0.1) is 0 Å². The monoisotopic (exact) mass is 779 g/mol. The van der Waals surface area contributed by atoms with E-state index in [-0.39, 0.29) is 31.1 Å². The van der Waals surface area contributed by atoms with Crippen molar-refractivity contribution in [3.05, 3.63) is 0 Å². The van der Waals surface area contributed by atoms with Crippen LogP contribution in [0.1, 0.15) is 278 Å². The predicted molar refractivity (Wildman–Crippen MR) is 233 cm³/mol. The second kappa shape index (κ2) is 45.1. The van der Waals surface area contributed by atoms with E-state index >= 15 is 0 Å². The maximum atomic E-state index is 12.7. The number of hydrogen-bond acceptors (Lipinski definition) is 6. The summed E-state index contributed by atoms with van der Waals surface area (Å²) >= 11 is 0.